The highest BCUT2D eigenvalue weighted by Gasteiger charge is 2.30. The van der Waals surface area contributed by atoms with E-state index in [1.165, 1.54) is 199 Å². The van der Waals surface area contributed by atoms with E-state index in [1.54, 1.807) is 0 Å². The molecule has 0 saturated carbocycles. The van der Waals surface area contributed by atoms with Crippen LogP contribution in [0.15, 0.2) is 0 Å². The number of aliphatic hydroxyl groups is 1. The number of carbonyl (C=O) groups excluding carboxylic acids is 4. The molecule has 95 heavy (non-hydrogen) atoms. The summed E-state index contributed by atoms with van der Waals surface area (Å²) in [6.07, 6.45) is 52.6. The Morgan fingerprint density at radius 2 is 0.484 bits per heavy atom. The number of hydrogen-bond acceptors (Lipinski definition) is 15. The molecule has 0 amide bonds. The van der Waals surface area contributed by atoms with Gasteiger partial charge < -0.3 is 33.8 Å². The molecule has 2 unspecified atom stereocenters. The maximum atomic E-state index is 13.1. The number of aliphatic hydroxyl groups excluding tert-OH is 1. The first-order valence-corrected chi connectivity index (χ1v) is 42.3. The summed E-state index contributed by atoms with van der Waals surface area (Å²) in [7, 11) is -9.91. The number of phosphoric ester groups is 2. The Bertz CT molecular complexity index is 1850. The summed E-state index contributed by atoms with van der Waals surface area (Å²) in [4.78, 5) is 72.8. The predicted molar refractivity (Wildman–Crippen MR) is 386 cm³/mol. The zero-order valence-electron chi connectivity index (χ0n) is 62.1. The highest BCUT2D eigenvalue weighted by molar-refractivity contribution is 7.47. The number of esters is 4. The lowest BCUT2D eigenvalue weighted by Gasteiger charge is -2.21. The summed E-state index contributed by atoms with van der Waals surface area (Å²) in [5.41, 5.74) is 0. The second kappa shape index (κ2) is 66.6. The van der Waals surface area contributed by atoms with Gasteiger partial charge in [-0.05, 0) is 43.4 Å². The summed E-state index contributed by atoms with van der Waals surface area (Å²) in [5.74, 6) is 0.202. The summed E-state index contributed by atoms with van der Waals surface area (Å²) in [6.45, 7) is 11.9. The van der Waals surface area contributed by atoms with Crippen molar-refractivity contribution in [2.75, 3.05) is 39.6 Å². The first-order chi connectivity index (χ1) is 45.7. The normalized spacial score (nSPS) is 14.1. The second-order valence-corrected chi connectivity index (χ2v) is 31.7. The van der Waals surface area contributed by atoms with E-state index in [0.29, 0.717) is 25.7 Å². The summed E-state index contributed by atoms with van der Waals surface area (Å²) in [6, 6.07) is 0. The van der Waals surface area contributed by atoms with Gasteiger partial charge in [0.2, 0.25) is 0 Å². The molecule has 19 heteroatoms. The molecule has 0 aromatic heterocycles. The lowest BCUT2D eigenvalue weighted by atomic mass is 10.0. The molecule has 0 spiro atoms. The topological polar surface area (TPSA) is 237 Å². The number of phosphoric acid groups is 2. The van der Waals surface area contributed by atoms with Crippen molar-refractivity contribution in [3.63, 3.8) is 0 Å². The highest BCUT2D eigenvalue weighted by atomic mass is 31.2. The van der Waals surface area contributed by atoms with E-state index in [2.05, 4.69) is 48.5 Å². The average molecular weight is 1400 g/mol. The maximum Gasteiger partial charge on any atom is 0.472 e. The highest BCUT2D eigenvalue weighted by Crippen LogP contribution is 2.45. The van der Waals surface area contributed by atoms with Crippen LogP contribution in [0.25, 0.3) is 0 Å². The Labute approximate surface area is 581 Å². The molecule has 0 radical (unpaired) electrons. The van der Waals surface area contributed by atoms with Crippen LogP contribution < -0.4 is 0 Å². The third-order valence-corrected chi connectivity index (χ3v) is 19.5. The summed E-state index contributed by atoms with van der Waals surface area (Å²) < 4.78 is 68.5. The summed E-state index contributed by atoms with van der Waals surface area (Å²) >= 11 is 0. The SMILES string of the molecule is CCCCCCCCCCCCCC(=O)OC[C@H](COP(=O)(O)OC[C@H](O)COP(=O)(O)OC[C@@H](COC(=O)CCCCCCCCCCCCCC(C)C)OC(=O)CCCCCCCCCCCCCCCCC(C)C)OC(=O)CCCCCCCCCCCCC(C)C. The smallest absolute Gasteiger partial charge is 0.462 e. The predicted octanol–water partition coefficient (Wildman–Crippen LogP) is 22.2. The molecule has 17 nitrogen and oxygen atoms in total. The molecule has 0 heterocycles. The zero-order valence-corrected chi connectivity index (χ0v) is 63.9. The number of rotatable bonds is 74. The van der Waals surface area contributed by atoms with Crippen LogP contribution in [-0.4, -0.2) is 96.7 Å². The van der Waals surface area contributed by atoms with Gasteiger partial charge in [-0.2, -0.15) is 0 Å². The Balaban J connectivity index is 5.26. The molecule has 0 rings (SSSR count). The van der Waals surface area contributed by atoms with Gasteiger partial charge in [0, 0.05) is 25.7 Å². The van der Waals surface area contributed by atoms with Crippen LogP contribution in [-0.2, 0) is 65.4 Å². The maximum absolute atomic E-state index is 13.1. The Morgan fingerprint density at radius 1 is 0.284 bits per heavy atom. The zero-order chi connectivity index (χ0) is 70.1. The van der Waals surface area contributed by atoms with Crippen molar-refractivity contribution in [1.29, 1.82) is 0 Å². The van der Waals surface area contributed by atoms with E-state index in [1.807, 2.05) is 0 Å². The molecular weight excluding hydrogens is 1250 g/mol. The van der Waals surface area contributed by atoms with Crippen LogP contribution in [0.4, 0.5) is 0 Å². The molecule has 0 aliphatic heterocycles. The van der Waals surface area contributed by atoms with E-state index in [0.717, 1.165) is 108 Å². The quantitative estimate of drug-likeness (QED) is 0.0222. The molecule has 0 aliphatic carbocycles. The van der Waals surface area contributed by atoms with E-state index in [-0.39, 0.29) is 25.7 Å². The Hall–Kier alpha value is -1.94. The third kappa shape index (κ3) is 70.3. The number of ether oxygens (including phenoxy) is 4. The second-order valence-electron chi connectivity index (χ2n) is 28.8. The van der Waals surface area contributed by atoms with E-state index >= 15 is 0 Å². The van der Waals surface area contributed by atoms with Gasteiger partial charge in [0.15, 0.2) is 12.2 Å². The standard InChI is InChI=1S/C76H148O17P2/c1-8-9-10-11-12-13-19-29-36-43-50-57-73(78)86-63-72(93-76(81)60-53-46-39-32-25-24-28-35-42-49-56-69(6)7)66-91-95(84,85)89-62-70(77)61-88-94(82,83)90-65-71(64-87-74(79)58-51-44-37-30-23-18-21-27-34-41-48-55-68(4)5)92-75(80)59-52-45-38-31-22-17-15-14-16-20-26-33-40-47-54-67(2)3/h67-72,77H,8-66H2,1-7H3,(H,82,83)(H,84,85)/t70-,71-,72-/m1/s1. The van der Waals surface area contributed by atoms with Gasteiger partial charge in [0.1, 0.15) is 19.3 Å². The lowest BCUT2D eigenvalue weighted by Crippen LogP contribution is -2.30. The number of unbranched alkanes of at least 4 members (excludes halogenated alkanes) is 42. The fourth-order valence-electron chi connectivity index (χ4n) is 11.6. The van der Waals surface area contributed by atoms with Crippen LogP contribution in [0.3, 0.4) is 0 Å². The monoisotopic (exact) mass is 1400 g/mol. The molecule has 564 valence electrons. The van der Waals surface area contributed by atoms with E-state index in [4.69, 9.17) is 37.0 Å². The average Bonchev–Trinajstić information content (AvgIpc) is 3.70. The van der Waals surface area contributed by atoms with Crippen molar-refractivity contribution in [1.82, 2.24) is 0 Å². The largest absolute Gasteiger partial charge is 0.472 e. The van der Waals surface area contributed by atoms with Crippen molar-refractivity contribution in [2.45, 2.75) is 407 Å². The van der Waals surface area contributed by atoms with Crippen molar-refractivity contribution < 1.29 is 80.2 Å². The van der Waals surface area contributed by atoms with Crippen molar-refractivity contribution in [3.8, 4) is 0 Å². The van der Waals surface area contributed by atoms with Gasteiger partial charge >= 0.3 is 39.5 Å². The molecule has 3 N–H and O–H groups in total. The van der Waals surface area contributed by atoms with Gasteiger partial charge in [0.05, 0.1) is 26.4 Å². The minimum absolute atomic E-state index is 0.106. The molecule has 5 atom stereocenters. The molecular formula is C76H148O17P2. The van der Waals surface area contributed by atoms with Crippen molar-refractivity contribution in [2.24, 2.45) is 17.8 Å². The van der Waals surface area contributed by atoms with Crippen LogP contribution in [0, 0.1) is 17.8 Å². The minimum atomic E-state index is -4.96. The van der Waals surface area contributed by atoms with E-state index < -0.39 is 97.5 Å². The molecule has 0 aliphatic rings. The number of carbonyl (C=O) groups is 4. The first kappa shape index (κ1) is 93.1. The number of hydrogen-bond donors (Lipinski definition) is 3. The first-order valence-electron chi connectivity index (χ1n) is 39.3. The van der Waals surface area contributed by atoms with Crippen LogP contribution in [0.5, 0.6) is 0 Å². The lowest BCUT2D eigenvalue weighted by molar-refractivity contribution is -0.161. The van der Waals surface area contributed by atoms with Crippen LogP contribution in [0.2, 0.25) is 0 Å². The minimum Gasteiger partial charge on any atom is -0.462 e. The fourth-order valence-corrected chi connectivity index (χ4v) is 13.2. The van der Waals surface area contributed by atoms with Crippen LogP contribution in [0.1, 0.15) is 389 Å². The Kier molecular flexibility index (Phi) is 65.2. The Morgan fingerprint density at radius 3 is 0.716 bits per heavy atom. The molecule has 0 fully saturated rings. The van der Waals surface area contributed by atoms with Gasteiger partial charge in [-0.15, -0.1) is 0 Å². The molecule has 0 bridgehead atoms. The fraction of sp³-hybridized carbons (Fsp3) is 0.947. The van der Waals surface area contributed by atoms with Gasteiger partial charge in [-0.3, -0.25) is 37.3 Å². The van der Waals surface area contributed by atoms with Crippen molar-refractivity contribution >= 4 is 39.5 Å². The molecule has 0 saturated heterocycles. The van der Waals surface area contributed by atoms with E-state index in [9.17, 15) is 43.2 Å². The van der Waals surface area contributed by atoms with Gasteiger partial charge in [0.25, 0.3) is 0 Å². The summed E-state index contributed by atoms with van der Waals surface area (Å²) in [5, 5.41) is 10.6. The third-order valence-electron chi connectivity index (χ3n) is 17.6. The van der Waals surface area contributed by atoms with Gasteiger partial charge in [-0.25, -0.2) is 9.13 Å². The van der Waals surface area contributed by atoms with Crippen molar-refractivity contribution in [3.05, 3.63) is 0 Å². The van der Waals surface area contributed by atoms with Crippen LogP contribution >= 0.6 is 15.6 Å². The molecule has 0 aromatic rings. The molecule has 0 aromatic carbocycles. The van der Waals surface area contributed by atoms with Gasteiger partial charge in [-0.1, -0.05) is 337 Å².